The molecule has 4 aliphatic rings. The molecule has 4 atom stereocenters. The van der Waals surface area contributed by atoms with E-state index in [9.17, 15) is 9.59 Å². The highest BCUT2D eigenvalue weighted by Crippen LogP contribution is 2.52. The quantitative estimate of drug-likeness (QED) is 0.577. The fourth-order valence-electron chi connectivity index (χ4n) is 3.93. The van der Waals surface area contributed by atoms with E-state index in [0.717, 1.165) is 0 Å². The van der Waals surface area contributed by atoms with Gasteiger partial charge in [0, 0.05) is 6.07 Å². The van der Waals surface area contributed by atoms with Crippen LogP contribution < -0.4 is 14.4 Å². The number of anilines is 1. The van der Waals surface area contributed by atoms with Gasteiger partial charge in [0.15, 0.2) is 11.5 Å². The summed E-state index contributed by atoms with van der Waals surface area (Å²) in [6, 6.07) is 5.11. The number of carbonyl (C=O) groups excluding carboxylic acids is 2. The number of ether oxygens (including phenoxy) is 3. The van der Waals surface area contributed by atoms with Gasteiger partial charge in [-0.15, -0.1) is 0 Å². The predicted octanol–water partition coefficient (Wildman–Crippen LogP) is 1.25. The van der Waals surface area contributed by atoms with Gasteiger partial charge in [0.05, 0.1) is 29.2 Å². The molecule has 2 amide bonds. The van der Waals surface area contributed by atoms with Crippen molar-refractivity contribution in [2.45, 2.75) is 18.6 Å². The van der Waals surface area contributed by atoms with Gasteiger partial charge in [0.25, 0.3) is 0 Å². The van der Waals surface area contributed by atoms with Crippen molar-refractivity contribution in [3.05, 3.63) is 30.4 Å². The maximum atomic E-state index is 12.8. The Bertz CT molecular complexity index is 757. The molecule has 1 aromatic rings. The molecule has 2 fully saturated rings. The molecule has 4 heterocycles. The molecular formula is C16H13NO5. The number of fused-ring (bicyclic) bond motifs is 6. The highest BCUT2D eigenvalue weighted by molar-refractivity contribution is 6.23. The van der Waals surface area contributed by atoms with E-state index < -0.39 is 17.4 Å². The van der Waals surface area contributed by atoms with Gasteiger partial charge in [-0.2, -0.15) is 0 Å². The van der Waals surface area contributed by atoms with Crippen molar-refractivity contribution in [1.82, 2.24) is 0 Å². The van der Waals surface area contributed by atoms with E-state index in [1.165, 1.54) is 4.90 Å². The van der Waals surface area contributed by atoms with Gasteiger partial charge in [-0.1, -0.05) is 12.2 Å². The minimum atomic E-state index is -0.673. The third kappa shape index (κ3) is 1.29. The Morgan fingerprint density at radius 3 is 2.82 bits per heavy atom. The molecule has 112 valence electrons. The van der Waals surface area contributed by atoms with E-state index in [2.05, 4.69) is 0 Å². The Morgan fingerprint density at radius 1 is 1.18 bits per heavy atom. The fourth-order valence-corrected chi connectivity index (χ4v) is 3.93. The molecule has 1 aromatic carbocycles. The number of hydrogen-bond acceptors (Lipinski definition) is 5. The lowest BCUT2D eigenvalue weighted by Crippen LogP contribution is -2.38. The largest absolute Gasteiger partial charge is 0.454 e. The maximum Gasteiger partial charge on any atom is 0.241 e. The molecule has 0 aromatic heterocycles. The van der Waals surface area contributed by atoms with Crippen molar-refractivity contribution in [3.8, 4) is 11.5 Å². The van der Waals surface area contributed by atoms with Crippen LogP contribution in [0, 0.1) is 11.8 Å². The topological polar surface area (TPSA) is 65.1 Å². The van der Waals surface area contributed by atoms with Crippen LogP contribution in [0.15, 0.2) is 30.4 Å². The summed E-state index contributed by atoms with van der Waals surface area (Å²) in [6.07, 6.45) is 3.48. The molecule has 0 saturated carbocycles. The number of benzene rings is 1. The minimum absolute atomic E-state index is 0.157. The van der Waals surface area contributed by atoms with E-state index in [-0.39, 0.29) is 24.7 Å². The summed E-state index contributed by atoms with van der Waals surface area (Å²) < 4.78 is 16.4. The lowest BCUT2D eigenvalue weighted by atomic mass is 9.78. The summed E-state index contributed by atoms with van der Waals surface area (Å²) in [6.45, 7) is 2.02. The Morgan fingerprint density at radius 2 is 2.00 bits per heavy atom. The Hall–Kier alpha value is -2.34. The van der Waals surface area contributed by atoms with Crippen molar-refractivity contribution >= 4 is 17.5 Å². The van der Waals surface area contributed by atoms with E-state index in [1.807, 2.05) is 19.1 Å². The van der Waals surface area contributed by atoms with Gasteiger partial charge >= 0.3 is 0 Å². The Kier molecular flexibility index (Phi) is 2.06. The van der Waals surface area contributed by atoms with Crippen LogP contribution in [0.4, 0.5) is 5.69 Å². The molecule has 6 nitrogen and oxygen atoms in total. The monoisotopic (exact) mass is 299 g/mol. The highest BCUT2D eigenvalue weighted by atomic mass is 16.7. The van der Waals surface area contributed by atoms with E-state index in [4.69, 9.17) is 14.2 Å². The molecule has 22 heavy (non-hydrogen) atoms. The van der Waals surface area contributed by atoms with Crippen LogP contribution in [0.25, 0.3) is 0 Å². The van der Waals surface area contributed by atoms with Gasteiger partial charge in [-0.3, -0.25) is 9.59 Å². The zero-order chi connectivity index (χ0) is 15.1. The van der Waals surface area contributed by atoms with Gasteiger partial charge in [-0.25, -0.2) is 4.90 Å². The normalized spacial score (nSPS) is 37.3. The first-order valence-corrected chi connectivity index (χ1v) is 7.23. The van der Waals surface area contributed by atoms with Crippen LogP contribution in [-0.4, -0.2) is 30.3 Å². The second kappa shape index (κ2) is 3.70. The molecule has 0 radical (unpaired) electrons. The van der Waals surface area contributed by atoms with E-state index in [0.29, 0.717) is 17.2 Å². The molecule has 2 saturated heterocycles. The molecule has 4 aliphatic heterocycles. The van der Waals surface area contributed by atoms with Gasteiger partial charge in [-0.05, 0) is 19.1 Å². The van der Waals surface area contributed by atoms with Crippen LogP contribution >= 0.6 is 0 Å². The van der Waals surface area contributed by atoms with E-state index in [1.54, 1.807) is 18.2 Å². The summed E-state index contributed by atoms with van der Waals surface area (Å²) in [7, 11) is 0. The zero-order valence-electron chi connectivity index (χ0n) is 11.8. The molecule has 6 heteroatoms. The molecule has 2 bridgehead atoms. The van der Waals surface area contributed by atoms with Crippen LogP contribution in [0.1, 0.15) is 6.92 Å². The van der Waals surface area contributed by atoms with Crippen LogP contribution in [0.2, 0.25) is 0 Å². The van der Waals surface area contributed by atoms with Crippen LogP contribution in [0.5, 0.6) is 11.5 Å². The third-order valence-corrected chi connectivity index (χ3v) is 4.94. The number of nitrogens with zero attached hydrogens (tertiary/aromatic N) is 1. The molecule has 0 aliphatic carbocycles. The number of hydrogen-bond donors (Lipinski definition) is 0. The second-order valence-corrected chi connectivity index (χ2v) is 6.18. The summed E-state index contributed by atoms with van der Waals surface area (Å²) in [5.74, 6) is -0.0951. The van der Waals surface area contributed by atoms with Crippen molar-refractivity contribution in [1.29, 1.82) is 0 Å². The minimum Gasteiger partial charge on any atom is -0.454 e. The van der Waals surface area contributed by atoms with Crippen molar-refractivity contribution in [2.75, 3.05) is 11.7 Å². The van der Waals surface area contributed by atoms with Crippen LogP contribution in [-0.2, 0) is 14.3 Å². The van der Waals surface area contributed by atoms with Crippen molar-refractivity contribution in [2.24, 2.45) is 11.8 Å². The highest BCUT2D eigenvalue weighted by Gasteiger charge is 2.66. The number of rotatable bonds is 1. The smallest absolute Gasteiger partial charge is 0.241 e. The number of amides is 2. The molecule has 0 spiro atoms. The first-order chi connectivity index (χ1) is 10.6. The summed E-state index contributed by atoms with van der Waals surface area (Å²) in [5, 5.41) is 0. The van der Waals surface area contributed by atoms with Crippen LogP contribution in [0.3, 0.4) is 0 Å². The molecular weight excluding hydrogens is 286 g/mol. The van der Waals surface area contributed by atoms with Crippen molar-refractivity contribution < 1.29 is 23.8 Å². The maximum absolute atomic E-state index is 12.8. The number of imide groups is 1. The predicted molar refractivity (Wildman–Crippen MR) is 74.5 cm³/mol. The van der Waals surface area contributed by atoms with Gasteiger partial charge < -0.3 is 14.2 Å². The fraction of sp³-hybridized carbons (Fsp3) is 0.375. The zero-order valence-corrected chi connectivity index (χ0v) is 11.8. The molecule has 0 unspecified atom stereocenters. The first-order valence-electron chi connectivity index (χ1n) is 7.23. The SMILES string of the molecule is C[C@@]12C=C[C@H](O1)[C@@H]1C(=O)N(c3ccc4c(c3)OCO4)C(=O)[C@@H]12. The summed E-state index contributed by atoms with van der Waals surface area (Å²) in [4.78, 5) is 26.8. The Labute approximate surface area is 126 Å². The summed E-state index contributed by atoms with van der Waals surface area (Å²) >= 11 is 0. The Balaban J connectivity index is 1.58. The number of carbonyl (C=O) groups is 2. The molecule has 0 N–H and O–H groups in total. The summed E-state index contributed by atoms with van der Waals surface area (Å²) in [5.41, 5.74) is -0.149. The van der Waals surface area contributed by atoms with Crippen molar-refractivity contribution in [3.63, 3.8) is 0 Å². The average molecular weight is 299 g/mol. The first kappa shape index (κ1) is 12.2. The van der Waals surface area contributed by atoms with Gasteiger partial charge in [0.2, 0.25) is 18.6 Å². The average Bonchev–Trinajstić information content (AvgIpc) is 3.20. The molecule has 5 rings (SSSR count). The standard InChI is InChI=1S/C16H13NO5/c1-16-5-4-10(22-16)12-13(16)15(19)17(14(12)18)8-2-3-9-11(6-8)21-7-20-9/h2-6,10,12-13H,7H2,1H3/t10-,12-,13+,16-/m0/s1. The van der Waals surface area contributed by atoms with E-state index >= 15 is 0 Å². The lowest BCUT2D eigenvalue weighted by Gasteiger charge is -2.24. The lowest BCUT2D eigenvalue weighted by molar-refractivity contribution is -0.126. The third-order valence-electron chi connectivity index (χ3n) is 4.94. The van der Waals surface area contributed by atoms with Gasteiger partial charge in [0.1, 0.15) is 0 Å². The second-order valence-electron chi connectivity index (χ2n) is 6.18.